The highest BCUT2D eigenvalue weighted by molar-refractivity contribution is 6.61. The van der Waals surface area contributed by atoms with E-state index in [2.05, 4.69) is 4.43 Å². The average molecular weight is 493 g/mol. The first-order valence-electron chi connectivity index (χ1n) is 9.63. The molecule has 14 heteroatoms. The second-order valence-electron chi connectivity index (χ2n) is 5.84. The van der Waals surface area contributed by atoms with Gasteiger partial charge in [-0.2, -0.15) is 13.2 Å². The number of unbranched alkanes of at least 4 members (excludes halogenated alkanes) is 1. The summed E-state index contributed by atoms with van der Waals surface area (Å²) in [4.78, 5) is 0. The standard InChI is InChI=1S/C9H19F3O3Si.C7H15F3O3Si/c1-4-13-16(14-5-2,15-6-3)8-7-9(10,11)12;1-4-5-6-14(11-2,12-3)13-7(8,9)10/h4-8H2,1-3H3;4-6H2,1-3H3. The van der Waals surface area contributed by atoms with E-state index in [0.717, 1.165) is 6.42 Å². The molecule has 0 N–H and O–H groups in total. The molecule has 0 bridgehead atoms. The minimum Gasteiger partial charge on any atom is -0.377 e. The van der Waals surface area contributed by atoms with Crippen molar-refractivity contribution < 1.29 is 52.9 Å². The molecule has 0 fully saturated rings. The van der Waals surface area contributed by atoms with Crippen LogP contribution < -0.4 is 0 Å². The van der Waals surface area contributed by atoms with Crippen molar-refractivity contribution in [1.29, 1.82) is 0 Å². The maximum absolute atomic E-state index is 12.2. The highest BCUT2D eigenvalue weighted by atomic mass is 28.4. The second-order valence-corrected chi connectivity index (χ2v) is 11.5. The lowest BCUT2D eigenvalue weighted by Crippen LogP contribution is -2.47. The third kappa shape index (κ3) is 15.6. The predicted octanol–water partition coefficient (Wildman–Crippen LogP) is 5.54. The summed E-state index contributed by atoms with van der Waals surface area (Å²) in [6.45, 7) is 7.91. The summed E-state index contributed by atoms with van der Waals surface area (Å²) in [7, 11) is -4.29. The molecule has 0 rings (SSSR count). The molecule has 0 aromatic rings. The van der Waals surface area contributed by atoms with Gasteiger partial charge in [0, 0.05) is 52.5 Å². The molecule has 0 atom stereocenters. The van der Waals surface area contributed by atoms with Crippen molar-refractivity contribution >= 4 is 17.6 Å². The second kappa shape index (κ2) is 15.6. The highest BCUT2D eigenvalue weighted by Gasteiger charge is 2.49. The van der Waals surface area contributed by atoms with Crippen molar-refractivity contribution in [1.82, 2.24) is 0 Å². The highest BCUT2D eigenvalue weighted by Crippen LogP contribution is 2.28. The molecule has 0 amide bonds. The molecule has 0 aromatic carbocycles. The number of alkyl halides is 6. The lowest BCUT2D eigenvalue weighted by molar-refractivity contribution is -0.296. The fourth-order valence-electron chi connectivity index (χ4n) is 2.29. The quantitative estimate of drug-likeness (QED) is 0.234. The Morgan fingerprint density at radius 3 is 1.37 bits per heavy atom. The molecule has 0 saturated heterocycles. The molecule has 0 unspecified atom stereocenters. The number of hydrogen-bond donors (Lipinski definition) is 0. The van der Waals surface area contributed by atoms with E-state index in [0.29, 0.717) is 26.2 Å². The first kappa shape index (κ1) is 32.0. The van der Waals surface area contributed by atoms with Gasteiger partial charge in [0.15, 0.2) is 0 Å². The van der Waals surface area contributed by atoms with Crippen molar-refractivity contribution in [2.75, 3.05) is 34.0 Å². The summed E-state index contributed by atoms with van der Waals surface area (Å²) in [5.74, 6) is 0. The molecule has 0 aliphatic rings. The first-order valence-corrected chi connectivity index (χ1v) is 13.5. The van der Waals surface area contributed by atoms with Crippen LogP contribution >= 0.6 is 0 Å². The van der Waals surface area contributed by atoms with Gasteiger partial charge in [-0.15, -0.1) is 13.2 Å². The summed E-state index contributed by atoms with van der Waals surface area (Å²) >= 11 is 0. The van der Waals surface area contributed by atoms with Crippen molar-refractivity contribution in [2.24, 2.45) is 0 Å². The topological polar surface area (TPSA) is 55.4 Å². The Bertz CT molecular complexity index is 405. The van der Waals surface area contributed by atoms with Crippen molar-refractivity contribution in [2.45, 2.75) is 71.6 Å². The van der Waals surface area contributed by atoms with Crippen molar-refractivity contribution in [3.05, 3.63) is 0 Å². The van der Waals surface area contributed by atoms with Gasteiger partial charge in [-0.25, -0.2) is 0 Å². The van der Waals surface area contributed by atoms with E-state index >= 15 is 0 Å². The number of rotatable bonds is 14. The van der Waals surface area contributed by atoms with Crippen LogP contribution in [0.1, 0.15) is 47.0 Å². The summed E-state index contributed by atoms with van der Waals surface area (Å²) < 4.78 is 102. The summed E-state index contributed by atoms with van der Waals surface area (Å²) in [6.07, 6.45) is -8.48. The third-order valence-corrected chi connectivity index (χ3v) is 9.34. The molecule has 0 aromatic heterocycles. The smallest absolute Gasteiger partial charge is 0.377 e. The Balaban J connectivity index is 0. The fraction of sp³-hybridized carbons (Fsp3) is 1.00. The average Bonchev–Trinajstić information content (AvgIpc) is 2.63. The van der Waals surface area contributed by atoms with E-state index in [-0.39, 0.29) is 12.1 Å². The molecule has 0 radical (unpaired) electrons. The van der Waals surface area contributed by atoms with Crippen molar-refractivity contribution in [3.8, 4) is 0 Å². The largest absolute Gasteiger partial charge is 0.516 e. The Morgan fingerprint density at radius 1 is 0.667 bits per heavy atom. The normalized spacial score (nSPS) is 13.2. The van der Waals surface area contributed by atoms with Gasteiger partial charge in [-0.3, -0.25) is 4.43 Å². The first-order chi connectivity index (χ1) is 13.8. The van der Waals surface area contributed by atoms with Crippen LogP contribution in [0.25, 0.3) is 0 Å². The van der Waals surface area contributed by atoms with Gasteiger partial charge in [0.05, 0.1) is 0 Å². The molecule has 6 nitrogen and oxygen atoms in total. The molecule has 0 aliphatic carbocycles. The van der Waals surface area contributed by atoms with Crippen LogP contribution in [0.3, 0.4) is 0 Å². The minimum absolute atomic E-state index is 0.177. The van der Waals surface area contributed by atoms with E-state index in [4.69, 9.17) is 22.1 Å². The third-order valence-electron chi connectivity index (χ3n) is 3.54. The lowest BCUT2D eigenvalue weighted by Gasteiger charge is -2.28. The number of hydrogen-bond acceptors (Lipinski definition) is 6. The fourth-order valence-corrected chi connectivity index (χ4v) is 6.86. The number of halogens is 6. The zero-order valence-corrected chi connectivity index (χ0v) is 20.4. The molecular formula is C16H34F6O6Si2. The Hall–Kier alpha value is -0.226. The van der Waals surface area contributed by atoms with Crippen LogP contribution in [0.5, 0.6) is 0 Å². The molecule has 184 valence electrons. The summed E-state index contributed by atoms with van der Waals surface area (Å²) in [5, 5.41) is 0. The Morgan fingerprint density at radius 2 is 1.10 bits per heavy atom. The molecule has 30 heavy (non-hydrogen) atoms. The Labute approximate surface area is 176 Å². The maximum atomic E-state index is 12.2. The SMILES string of the molecule is CCCC[Si](OC)(OC)OC(F)(F)F.CCO[Si](CCC(F)(F)F)(OCC)OCC. The van der Waals surface area contributed by atoms with Gasteiger partial charge in [0.2, 0.25) is 0 Å². The van der Waals surface area contributed by atoms with Crippen LogP contribution in [0, 0.1) is 0 Å². The van der Waals surface area contributed by atoms with Crippen LogP contribution in [0.15, 0.2) is 0 Å². The molecule has 0 saturated carbocycles. The van der Waals surface area contributed by atoms with Gasteiger partial charge in [-0.1, -0.05) is 13.3 Å². The van der Waals surface area contributed by atoms with Gasteiger partial charge >= 0.3 is 30.1 Å². The van der Waals surface area contributed by atoms with Gasteiger partial charge in [0.1, 0.15) is 0 Å². The van der Waals surface area contributed by atoms with Crippen molar-refractivity contribution in [3.63, 3.8) is 0 Å². The van der Waals surface area contributed by atoms with E-state index in [9.17, 15) is 26.3 Å². The minimum atomic E-state index is -4.70. The van der Waals surface area contributed by atoms with Crippen LogP contribution in [-0.2, 0) is 26.6 Å². The van der Waals surface area contributed by atoms with Gasteiger partial charge in [-0.05, 0) is 27.2 Å². The van der Waals surface area contributed by atoms with Crippen LogP contribution in [0.4, 0.5) is 26.3 Å². The van der Waals surface area contributed by atoms with E-state index in [1.807, 2.05) is 6.92 Å². The molecular weight excluding hydrogens is 458 g/mol. The summed E-state index contributed by atoms with van der Waals surface area (Å²) in [5.41, 5.74) is 0. The van der Waals surface area contributed by atoms with E-state index < -0.39 is 36.6 Å². The lowest BCUT2D eigenvalue weighted by atomic mass is 10.4. The molecule has 0 spiro atoms. The Kier molecular flexibility index (Phi) is 16.6. The van der Waals surface area contributed by atoms with Gasteiger partial charge < -0.3 is 22.1 Å². The maximum Gasteiger partial charge on any atom is 0.516 e. The zero-order chi connectivity index (χ0) is 23.9. The van der Waals surface area contributed by atoms with Crippen LogP contribution in [0.2, 0.25) is 12.1 Å². The summed E-state index contributed by atoms with van der Waals surface area (Å²) in [6, 6.07) is -0.0397. The van der Waals surface area contributed by atoms with E-state index in [1.165, 1.54) is 14.2 Å². The zero-order valence-electron chi connectivity index (χ0n) is 18.4. The van der Waals surface area contributed by atoms with Crippen LogP contribution in [-0.4, -0.2) is 64.2 Å². The predicted molar refractivity (Wildman–Crippen MR) is 103 cm³/mol. The van der Waals surface area contributed by atoms with Gasteiger partial charge in [0.25, 0.3) is 0 Å². The monoisotopic (exact) mass is 492 g/mol. The molecule has 0 heterocycles. The molecule has 0 aliphatic heterocycles. The van der Waals surface area contributed by atoms with E-state index in [1.54, 1.807) is 20.8 Å².